The molecule has 0 atom stereocenters. The van der Waals surface area contributed by atoms with Crippen molar-refractivity contribution in [3.63, 3.8) is 0 Å². The highest BCUT2D eigenvalue weighted by atomic mass is 15.0. The molecule has 2 aromatic heterocycles. The predicted molar refractivity (Wildman–Crippen MR) is 59.2 cm³/mol. The Bertz CT molecular complexity index is 508. The Morgan fingerprint density at radius 1 is 1.47 bits per heavy atom. The third kappa shape index (κ3) is 1.96. The van der Waals surface area contributed by atoms with Gasteiger partial charge in [-0.05, 0) is 13.8 Å². The summed E-state index contributed by atoms with van der Waals surface area (Å²) in [6, 6.07) is 0. The van der Waals surface area contributed by atoms with Crippen molar-refractivity contribution >= 4 is 17.0 Å². The van der Waals surface area contributed by atoms with Crippen molar-refractivity contribution in [3.8, 4) is 0 Å². The maximum Gasteiger partial charge on any atom is 0.183 e. The second-order valence-electron chi connectivity index (χ2n) is 3.63. The van der Waals surface area contributed by atoms with Gasteiger partial charge in [0.2, 0.25) is 0 Å². The van der Waals surface area contributed by atoms with E-state index in [9.17, 15) is 0 Å². The van der Waals surface area contributed by atoms with E-state index in [1.807, 2.05) is 0 Å². The fraction of sp³-hybridized carbons (Fsp3) is 0.300. The van der Waals surface area contributed by atoms with Crippen LogP contribution < -0.4 is 5.73 Å². The molecule has 2 rings (SSSR count). The molecule has 0 radical (unpaired) electrons. The molecule has 3 N–H and O–H groups in total. The van der Waals surface area contributed by atoms with Gasteiger partial charge >= 0.3 is 0 Å². The van der Waals surface area contributed by atoms with Crippen LogP contribution in [0.1, 0.15) is 19.7 Å². The van der Waals surface area contributed by atoms with Gasteiger partial charge in [0.15, 0.2) is 11.5 Å². The number of hydrogen-bond donors (Lipinski definition) is 2. The fourth-order valence-electron chi connectivity index (χ4n) is 1.29. The summed E-state index contributed by atoms with van der Waals surface area (Å²) in [4.78, 5) is 15.4. The minimum absolute atomic E-state index is 0.441. The third-order valence-electron chi connectivity index (χ3n) is 2.07. The van der Waals surface area contributed by atoms with Crippen LogP contribution in [-0.2, 0) is 6.42 Å². The Kier molecular flexibility index (Phi) is 2.37. The van der Waals surface area contributed by atoms with E-state index in [2.05, 4.69) is 39.9 Å². The molecule has 0 bridgehead atoms. The van der Waals surface area contributed by atoms with Crippen molar-refractivity contribution < 1.29 is 0 Å². The standard InChI is InChI=1S/C10H13N5/c1-6(2)3-4-7-14-8-9(11)12-5-13-10(8)15-7/h3,5H,4H2,1-2H3,(H3,11,12,13,14,15). The van der Waals surface area contributed by atoms with Crippen molar-refractivity contribution in [2.24, 2.45) is 0 Å². The van der Waals surface area contributed by atoms with Crippen molar-refractivity contribution in [2.75, 3.05) is 5.73 Å². The van der Waals surface area contributed by atoms with Crippen LogP contribution in [0.15, 0.2) is 18.0 Å². The number of H-pyrrole nitrogens is 1. The number of nitrogen functional groups attached to an aromatic ring is 1. The van der Waals surface area contributed by atoms with E-state index in [4.69, 9.17) is 5.73 Å². The average molecular weight is 203 g/mol. The van der Waals surface area contributed by atoms with Gasteiger partial charge in [-0.15, -0.1) is 0 Å². The molecule has 2 aromatic rings. The highest BCUT2D eigenvalue weighted by molar-refractivity contribution is 5.80. The van der Waals surface area contributed by atoms with Crippen LogP contribution >= 0.6 is 0 Å². The highest BCUT2D eigenvalue weighted by Gasteiger charge is 2.05. The summed E-state index contributed by atoms with van der Waals surface area (Å²) in [5.41, 5.74) is 8.29. The summed E-state index contributed by atoms with van der Waals surface area (Å²) < 4.78 is 0. The first-order valence-corrected chi connectivity index (χ1v) is 4.75. The van der Waals surface area contributed by atoms with Crippen LogP contribution in [0.2, 0.25) is 0 Å². The number of aromatic amines is 1. The molecular formula is C10H13N5. The Balaban J connectivity index is 2.39. The topological polar surface area (TPSA) is 80.5 Å². The number of nitrogens with one attached hydrogen (secondary N) is 1. The molecule has 0 aromatic carbocycles. The number of hydrogen-bond acceptors (Lipinski definition) is 4. The fourth-order valence-corrected chi connectivity index (χ4v) is 1.29. The van der Waals surface area contributed by atoms with Crippen molar-refractivity contribution in [1.82, 2.24) is 19.9 Å². The molecule has 0 aliphatic rings. The van der Waals surface area contributed by atoms with Gasteiger partial charge in [-0.1, -0.05) is 11.6 Å². The number of nitrogens with zero attached hydrogens (tertiary/aromatic N) is 3. The van der Waals surface area contributed by atoms with Gasteiger partial charge in [0.1, 0.15) is 17.7 Å². The molecule has 0 unspecified atom stereocenters. The average Bonchev–Trinajstić information content (AvgIpc) is 2.59. The molecule has 0 saturated heterocycles. The first-order chi connectivity index (χ1) is 7.16. The van der Waals surface area contributed by atoms with Crippen LogP contribution in [0.3, 0.4) is 0 Å². The van der Waals surface area contributed by atoms with Crippen LogP contribution in [-0.4, -0.2) is 19.9 Å². The van der Waals surface area contributed by atoms with E-state index < -0.39 is 0 Å². The van der Waals surface area contributed by atoms with E-state index in [0.717, 1.165) is 17.8 Å². The summed E-state index contributed by atoms with van der Waals surface area (Å²) in [6.45, 7) is 4.10. The number of anilines is 1. The first kappa shape index (κ1) is 9.64. The molecule has 78 valence electrons. The molecule has 0 aliphatic carbocycles. The van der Waals surface area contributed by atoms with E-state index in [0.29, 0.717) is 11.5 Å². The lowest BCUT2D eigenvalue weighted by molar-refractivity contribution is 1.05. The number of imidazole rings is 1. The summed E-state index contributed by atoms with van der Waals surface area (Å²) in [5.74, 6) is 1.30. The van der Waals surface area contributed by atoms with Gasteiger partial charge in [-0.3, -0.25) is 0 Å². The SMILES string of the molecule is CC(C)=CCc1nc2ncnc(N)c2[nH]1. The zero-order chi connectivity index (χ0) is 10.8. The third-order valence-corrected chi connectivity index (χ3v) is 2.07. The summed E-state index contributed by atoms with van der Waals surface area (Å²) in [5, 5.41) is 0. The lowest BCUT2D eigenvalue weighted by atomic mass is 10.2. The molecule has 5 nitrogen and oxygen atoms in total. The quantitative estimate of drug-likeness (QED) is 0.724. The highest BCUT2D eigenvalue weighted by Crippen LogP contribution is 2.13. The number of nitrogens with two attached hydrogens (primary N) is 1. The van der Waals surface area contributed by atoms with Crippen molar-refractivity contribution in [1.29, 1.82) is 0 Å². The lowest BCUT2D eigenvalue weighted by Crippen LogP contribution is -1.91. The lowest BCUT2D eigenvalue weighted by Gasteiger charge is -1.90. The number of rotatable bonds is 2. The largest absolute Gasteiger partial charge is 0.382 e. The molecule has 0 amide bonds. The zero-order valence-corrected chi connectivity index (χ0v) is 8.78. The predicted octanol–water partition coefficient (Wildman–Crippen LogP) is 1.44. The van der Waals surface area contributed by atoms with Gasteiger partial charge < -0.3 is 10.7 Å². The molecular weight excluding hydrogens is 190 g/mol. The first-order valence-electron chi connectivity index (χ1n) is 4.75. The van der Waals surface area contributed by atoms with E-state index >= 15 is 0 Å². The van der Waals surface area contributed by atoms with Gasteiger partial charge in [-0.2, -0.15) is 0 Å². The van der Waals surface area contributed by atoms with Crippen molar-refractivity contribution in [3.05, 3.63) is 23.8 Å². The maximum atomic E-state index is 5.69. The van der Waals surface area contributed by atoms with E-state index in [-0.39, 0.29) is 0 Å². The van der Waals surface area contributed by atoms with Gasteiger partial charge in [-0.25, -0.2) is 15.0 Å². The number of aromatic nitrogens is 4. The van der Waals surface area contributed by atoms with E-state index in [1.54, 1.807) is 0 Å². The zero-order valence-electron chi connectivity index (χ0n) is 8.78. The normalized spacial score (nSPS) is 10.5. The second kappa shape index (κ2) is 3.68. The molecule has 5 heteroatoms. The van der Waals surface area contributed by atoms with Gasteiger partial charge in [0.05, 0.1) is 0 Å². The van der Waals surface area contributed by atoms with E-state index in [1.165, 1.54) is 11.9 Å². The molecule has 15 heavy (non-hydrogen) atoms. The Hall–Kier alpha value is -1.91. The number of fused-ring (bicyclic) bond motifs is 1. The minimum Gasteiger partial charge on any atom is -0.382 e. The Labute approximate surface area is 87.5 Å². The molecule has 0 fully saturated rings. The van der Waals surface area contributed by atoms with Crippen LogP contribution in [0.5, 0.6) is 0 Å². The van der Waals surface area contributed by atoms with Crippen LogP contribution in [0, 0.1) is 0 Å². The Morgan fingerprint density at radius 2 is 2.27 bits per heavy atom. The number of allylic oxidation sites excluding steroid dienone is 2. The summed E-state index contributed by atoms with van der Waals surface area (Å²) in [7, 11) is 0. The molecule has 2 heterocycles. The molecule has 0 spiro atoms. The summed E-state index contributed by atoms with van der Waals surface area (Å²) >= 11 is 0. The monoisotopic (exact) mass is 203 g/mol. The van der Waals surface area contributed by atoms with Crippen LogP contribution in [0.4, 0.5) is 5.82 Å². The molecule has 0 saturated carbocycles. The van der Waals surface area contributed by atoms with Gasteiger partial charge in [0.25, 0.3) is 0 Å². The van der Waals surface area contributed by atoms with Crippen LogP contribution in [0.25, 0.3) is 11.2 Å². The second-order valence-corrected chi connectivity index (χ2v) is 3.63. The van der Waals surface area contributed by atoms with Gasteiger partial charge in [0, 0.05) is 6.42 Å². The maximum absolute atomic E-state index is 5.69. The minimum atomic E-state index is 0.441. The smallest absolute Gasteiger partial charge is 0.183 e. The molecule has 0 aliphatic heterocycles. The Morgan fingerprint density at radius 3 is 2.93 bits per heavy atom. The van der Waals surface area contributed by atoms with Crippen molar-refractivity contribution in [2.45, 2.75) is 20.3 Å². The summed E-state index contributed by atoms with van der Waals surface area (Å²) in [6.07, 6.45) is 4.28.